The molecule has 134 valence electrons. The molecular weight excluding hydrogens is 332 g/mol. The second-order valence-electron chi connectivity index (χ2n) is 7.02. The summed E-state index contributed by atoms with van der Waals surface area (Å²) >= 11 is 0. The molecule has 0 aromatic carbocycles. The molecule has 3 aromatic heterocycles. The molecule has 26 heavy (non-hydrogen) atoms. The molecule has 1 saturated carbocycles. The summed E-state index contributed by atoms with van der Waals surface area (Å²) in [5.41, 5.74) is 0.554. The minimum Gasteiger partial charge on any atom is -0.381 e. The fourth-order valence-electron chi connectivity index (χ4n) is 3.96. The maximum atomic E-state index is 12.6. The van der Waals surface area contributed by atoms with E-state index in [0.29, 0.717) is 11.0 Å². The van der Waals surface area contributed by atoms with Crippen LogP contribution < -0.4 is 5.56 Å². The number of aromatic nitrogens is 6. The fourth-order valence-corrected chi connectivity index (χ4v) is 3.96. The van der Waals surface area contributed by atoms with Crippen LogP contribution in [0.3, 0.4) is 0 Å². The van der Waals surface area contributed by atoms with E-state index in [9.17, 15) is 4.79 Å². The molecule has 2 atom stereocenters. The van der Waals surface area contributed by atoms with E-state index in [2.05, 4.69) is 20.1 Å². The molecule has 1 aliphatic heterocycles. The largest absolute Gasteiger partial charge is 0.381 e. The van der Waals surface area contributed by atoms with E-state index in [1.54, 1.807) is 18.6 Å². The molecule has 0 amide bonds. The Kier molecular flexibility index (Phi) is 3.77. The summed E-state index contributed by atoms with van der Waals surface area (Å²) in [7, 11) is 0. The lowest BCUT2D eigenvalue weighted by atomic mass is 9.72. The van der Waals surface area contributed by atoms with Gasteiger partial charge in [0.2, 0.25) is 0 Å². The number of nitrogens with one attached hydrogen (secondary N) is 1. The summed E-state index contributed by atoms with van der Waals surface area (Å²) in [6.45, 7) is 1.44. The minimum absolute atomic E-state index is 0.122. The maximum Gasteiger partial charge on any atom is 0.262 e. The zero-order valence-corrected chi connectivity index (χ0v) is 14.3. The Balaban J connectivity index is 1.53. The highest BCUT2D eigenvalue weighted by molar-refractivity contribution is 5.73. The van der Waals surface area contributed by atoms with Crippen molar-refractivity contribution < 1.29 is 4.74 Å². The van der Waals surface area contributed by atoms with Gasteiger partial charge in [0.15, 0.2) is 5.65 Å². The average Bonchev–Trinajstić information content (AvgIpc) is 3.07. The molecule has 1 saturated heterocycles. The summed E-state index contributed by atoms with van der Waals surface area (Å²) in [6, 6.07) is 2.05. The lowest BCUT2D eigenvalue weighted by Crippen LogP contribution is -2.28. The van der Waals surface area contributed by atoms with Gasteiger partial charge in [-0.2, -0.15) is 5.10 Å². The number of aromatic amines is 1. The van der Waals surface area contributed by atoms with Crippen LogP contribution in [0.1, 0.15) is 55.2 Å². The third-order valence-electron chi connectivity index (χ3n) is 5.56. The Hall–Kier alpha value is -2.61. The van der Waals surface area contributed by atoms with Gasteiger partial charge in [0, 0.05) is 37.4 Å². The van der Waals surface area contributed by atoms with Crippen LogP contribution >= 0.6 is 0 Å². The van der Waals surface area contributed by atoms with Gasteiger partial charge in [0.1, 0.15) is 17.0 Å². The van der Waals surface area contributed by atoms with Crippen LogP contribution in [-0.2, 0) is 4.74 Å². The number of rotatable bonds is 3. The summed E-state index contributed by atoms with van der Waals surface area (Å²) < 4.78 is 7.35. The van der Waals surface area contributed by atoms with Crippen molar-refractivity contribution in [2.24, 2.45) is 0 Å². The smallest absolute Gasteiger partial charge is 0.262 e. The van der Waals surface area contributed by atoms with Crippen molar-refractivity contribution in [2.75, 3.05) is 13.2 Å². The van der Waals surface area contributed by atoms with Crippen molar-refractivity contribution in [3.8, 4) is 0 Å². The number of H-pyrrole nitrogens is 1. The normalized spacial score (nSPS) is 23.8. The van der Waals surface area contributed by atoms with E-state index >= 15 is 0 Å². The predicted octanol–water partition coefficient (Wildman–Crippen LogP) is 1.92. The molecule has 2 aliphatic rings. The highest BCUT2D eigenvalue weighted by atomic mass is 16.5. The quantitative estimate of drug-likeness (QED) is 0.773. The summed E-state index contributed by atoms with van der Waals surface area (Å²) in [6.07, 6.45) is 8.92. The van der Waals surface area contributed by atoms with Gasteiger partial charge in [-0.05, 0) is 31.7 Å². The van der Waals surface area contributed by atoms with Crippen molar-refractivity contribution in [3.05, 3.63) is 46.7 Å². The first-order chi connectivity index (χ1) is 12.8. The second-order valence-corrected chi connectivity index (χ2v) is 7.02. The molecule has 1 N–H and O–H groups in total. The lowest BCUT2D eigenvalue weighted by molar-refractivity contribution is 0.0673. The molecule has 0 spiro atoms. The Morgan fingerprint density at radius 2 is 1.85 bits per heavy atom. The third kappa shape index (κ3) is 2.52. The maximum absolute atomic E-state index is 12.6. The van der Waals surface area contributed by atoms with Gasteiger partial charge in [-0.25, -0.2) is 19.6 Å². The van der Waals surface area contributed by atoms with Crippen molar-refractivity contribution in [1.29, 1.82) is 0 Å². The fraction of sp³-hybridized carbons (Fsp3) is 0.500. The van der Waals surface area contributed by atoms with Crippen molar-refractivity contribution in [1.82, 2.24) is 29.7 Å². The first-order valence-electron chi connectivity index (χ1n) is 9.13. The topological polar surface area (TPSA) is 98.6 Å². The summed E-state index contributed by atoms with van der Waals surface area (Å²) in [4.78, 5) is 29.1. The highest BCUT2D eigenvalue weighted by Gasteiger charge is 2.37. The van der Waals surface area contributed by atoms with E-state index in [0.717, 1.165) is 50.5 Å². The molecule has 8 nitrogen and oxygen atoms in total. The van der Waals surface area contributed by atoms with Gasteiger partial charge in [-0.3, -0.25) is 4.79 Å². The van der Waals surface area contributed by atoms with Crippen molar-refractivity contribution in [3.63, 3.8) is 0 Å². The molecule has 2 fully saturated rings. The van der Waals surface area contributed by atoms with Gasteiger partial charge in [0.05, 0.1) is 12.2 Å². The van der Waals surface area contributed by atoms with Crippen LogP contribution in [0, 0.1) is 0 Å². The van der Waals surface area contributed by atoms with E-state index in [-0.39, 0.29) is 23.4 Å². The van der Waals surface area contributed by atoms with Crippen LogP contribution in [0.5, 0.6) is 0 Å². The number of hydrogen-bond donors (Lipinski definition) is 1. The SMILES string of the molecule is O=c1[nH]c([C@H]2CCC2c2ncccn2)nc2c1cnn2C1CCOCC1. The standard InChI is InChI=1S/C18H20N6O2/c25-18-14-10-21-24(11-4-8-26-9-5-11)17(14)22-16(23-18)13-3-2-12(13)15-19-6-1-7-20-15/h1,6-7,10-13H,2-5,8-9H2,(H,22,23,25)/t12?,13-/m0/s1. The van der Waals surface area contributed by atoms with E-state index in [1.807, 2.05) is 10.7 Å². The van der Waals surface area contributed by atoms with Crippen molar-refractivity contribution in [2.45, 2.75) is 43.6 Å². The van der Waals surface area contributed by atoms with Crippen LogP contribution in [0.4, 0.5) is 0 Å². The molecular formula is C18H20N6O2. The minimum atomic E-state index is -0.122. The third-order valence-corrected chi connectivity index (χ3v) is 5.56. The van der Waals surface area contributed by atoms with Gasteiger partial charge in [-0.15, -0.1) is 0 Å². The van der Waals surface area contributed by atoms with Gasteiger partial charge < -0.3 is 9.72 Å². The van der Waals surface area contributed by atoms with E-state index in [4.69, 9.17) is 9.72 Å². The molecule has 0 bridgehead atoms. The number of fused-ring (bicyclic) bond motifs is 1. The Morgan fingerprint density at radius 1 is 1.08 bits per heavy atom. The summed E-state index contributed by atoms with van der Waals surface area (Å²) in [5.74, 6) is 1.90. The first kappa shape index (κ1) is 15.6. The predicted molar refractivity (Wildman–Crippen MR) is 94.0 cm³/mol. The Morgan fingerprint density at radius 3 is 2.58 bits per heavy atom. The zero-order chi connectivity index (χ0) is 17.5. The van der Waals surface area contributed by atoms with Crippen LogP contribution in [0.2, 0.25) is 0 Å². The van der Waals surface area contributed by atoms with Crippen LogP contribution in [0.15, 0.2) is 29.5 Å². The molecule has 1 aliphatic carbocycles. The Bertz CT molecular complexity index is 976. The number of nitrogens with zero attached hydrogens (tertiary/aromatic N) is 5. The molecule has 0 radical (unpaired) electrons. The molecule has 5 rings (SSSR count). The van der Waals surface area contributed by atoms with E-state index < -0.39 is 0 Å². The highest BCUT2D eigenvalue weighted by Crippen LogP contribution is 2.46. The lowest BCUT2D eigenvalue weighted by Gasteiger charge is -2.34. The first-order valence-corrected chi connectivity index (χ1v) is 9.13. The molecule has 3 aromatic rings. The average molecular weight is 352 g/mol. The van der Waals surface area contributed by atoms with Crippen molar-refractivity contribution >= 4 is 11.0 Å². The number of ether oxygens (including phenoxy) is 1. The van der Waals surface area contributed by atoms with Crippen LogP contribution in [0.25, 0.3) is 11.0 Å². The molecule has 1 unspecified atom stereocenters. The van der Waals surface area contributed by atoms with Gasteiger partial charge in [0.25, 0.3) is 5.56 Å². The monoisotopic (exact) mass is 352 g/mol. The van der Waals surface area contributed by atoms with Gasteiger partial charge >= 0.3 is 0 Å². The molecule has 4 heterocycles. The van der Waals surface area contributed by atoms with Crippen LogP contribution in [-0.4, -0.2) is 42.9 Å². The number of hydrogen-bond acceptors (Lipinski definition) is 6. The van der Waals surface area contributed by atoms with E-state index in [1.165, 1.54) is 0 Å². The zero-order valence-electron chi connectivity index (χ0n) is 14.3. The molecule has 8 heteroatoms. The second kappa shape index (κ2) is 6.28. The van der Waals surface area contributed by atoms with Gasteiger partial charge in [-0.1, -0.05) is 0 Å². The Labute approximate surface area is 149 Å². The summed E-state index contributed by atoms with van der Waals surface area (Å²) in [5, 5.41) is 5.00.